The first-order valence-electron chi connectivity index (χ1n) is 9.10. The Morgan fingerprint density at radius 2 is 1.73 bits per heavy atom. The summed E-state index contributed by atoms with van der Waals surface area (Å²) in [7, 11) is 0. The first kappa shape index (κ1) is 15.3. The third-order valence-corrected chi connectivity index (χ3v) is 5.22. The minimum atomic E-state index is 0.958. The van der Waals surface area contributed by atoms with Gasteiger partial charge in [-0.3, -0.25) is 14.9 Å². The molecule has 26 heavy (non-hydrogen) atoms. The molecule has 1 aliphatic rings. The van der Waals surface area contributed by atoms with Crippen LogP contribution in [0.15, 0.2) is 61.1 Å². The van der Waals surface area contributed by atoms with E-state index in [1.807, 2.05) is 6.20 Å². The lowest BCUT2D eigenvalue weighted by molar-refractivity contribution is 0.250. The molecule has 0 spiro atoms. The maximum absolute atomic E-state index is 4.42. The molecule has 1 fully saturated rings. The fourth-order valence-corrected chi connectivity index (χ4v) is 3.84. The van der Waals surface area contributed by atoms with Gasteiger partial charge in [0.15, 0.2) is 0 Å². The monoisotopic (exact) mass is 343 g/mol. The van der Waals surface area contributed by atoms with E-state index in [2.05, 4.69) is 67.2 Å². The van der Waals surface area contributed by atoms with Crippen LogP contribution in [0.2, 0.25) is 0 Å². The number of aromatic amines is 1. The number of hydrogen-bond acceptors (Lipinski definition) is 4. The first-order valence-corrected chi connectivity index (χ1v) is 9.10. The second-order valence-corrected chi connectivity index (χ2v) is 6.86. The van der Waals surface area contributed by atoms with Crippen molar-refractivity contribution in [2.75, 3.05) is 31.1 Å². The largest absolute Gasteiger partial charge is 0.367 e. The Bertz CT molecular complexity index is 1050. The minimum Gasteiger partial charge on any atom is -0.367 e. The Hall–Kier alpha value is -2.92. The maximum Gasteiger partial charge on any atom is 0.0890 e. The fraction of sp³-hybridized carbons (Fsp3) is 0.238. The summed E-state index contributed by atoms with van der Waals surface area (Å²) in [6, 6.07) is 15.1. The molecular weight excluding hydrogens is 322 g/mol. The van der Waals surface area contributed by atoms with Gasteiger partial charge in [0.05, 0.1) is 22.2 Å². The molecule has 0 radical (unpaired) electrons. The van der Waals surface area contributed by atoms with Crippen molar-refractivity contribution >= 4 is 27.6 Å². The molecule has 0 atom stereocenters. The number of fused-ring (bicyclic) bond motifs is 2. The van der Waals surface area contributed by atoms with Crippen LogP contribution in [-0.2, 0) is 6.54 Å². The molecular formula is C21H21N5. The predicted octanol–water partition coefficient (Wildman–Crippen LogP) is 3.43. The molecule has 130 valence electrons. The van der Waals surface area contributed by atoms with Gasteiger partial charge in [0, 0.05) is 56.7 Å². The number of H-pyrrole nitrogens is 1. The second-order valence-electron chi connectivity index (χ2n) is 6.86. The number of para-hydroxylation sites is 1. The van der Waals surface area contributed by atoms with E-state index < -0.39 is 0 Å². The van der Waals surface area contributed by atoms with Gasteiger partial charge in [0.2, 0.25) is 0 Å². The molecule has 1 aliphatic heterocycles. The molecule has 1 saturated heterocycles. The first-order chi connectivity index (χ1) is 12.9. The molecule has 0 bridgehead atoms. The van der Waals surface area contributed by atoms with Crippen molar-refractivity contribution in [2.24, 2.45) is 0 Å². The average Bonchev–Trinajstić information content (AvgIpc) is 3.17. The number of benzene rings is 2. The van der Waals surface area contributed by atoms with Gasteiger partial charge < -0.3 is 9.88 Å². The van der Waals surface area contributed by atoms with Crippen molar-refractivity contribution in [3.8, 4) is 0 Å². The van der Waals surface area contributed by atoms with Crippen LogP contribution in [0.5, 0.6) is 0 Å². The molecule has 1 N–H and O–H groups in total. The van der Waals surface area contributed by atoms with Crippen LogP contribution in [0.4, 0.5) is 5.69 Å². The van der Waals surface area contributed by atoms with E-state index in [1.54, 1.807) is 12.4 Å². The molecule has 5 rings (SSSR count). The number of rotatable bonds is 3. The lowest BCUT2D eigenvalue weighted by Crippen LogP contribution is -2.46. The molecule has 5 heteroatoms. The molecule has 2 aromatic heterocycles. The molecule has 5 nitrogen and oxygen atoms in total. The van der Waals surface area contributed by atoms with E-state index in [0.717, 1.165) is 43.8 Å². The van der Waals surface area contributed by atoms with E-state index in [1.165, 1.54) is 22.2 Å². The Balaban J connectivity index is 1.28. The Labute approximate surface area is 152 Å². The zero-order valence-electron chi connectivity index (χ0n) is 14.6. The Kier molecular flexibility index (Phi) is 3.79. The van der Waals surface area contributed by atoms with Crippen molar-refractivity contribution < 1.29 is 0 Å². The maximum atomic E-state index is 4.42. The Morgan fingerprint density at radius 1 is 0.885 bits per heavy atom. The highest BCUT2D eigenvalue weighted by molar-refractivity contribution is 5.91. The summed E-state index contributed by atoms with van der Waals surface area (Å²) in [4.78, 5) is 17.2. The van der Waals surface area contributed by atoms with Crippen LogP contribution < -0.4 is 4.90 Å². The van der Waals surface area contributed by atoms with Crippen molar-refractivity contribution in [1.29, 1.82) is 0 Å². The summed E-state index contributed by atoms with van der Waals surface area (Å²) in [5, 5.41) is 1.28. The van der Waals surface area contributed by atoms with Crippen molar-refractivity contribution in [1.82, 2.24) is 19.9 Å². The summed E-state index contributed by atoms with van der Waals surface area (Å²) in [6.45, 7) is 5.19. The van der Waals surface area contributed by atoms with Crippen molar-refractivity contribution in [3.05, 3.63) is 66.6 Å². The Morgan fingerprint density at radius 3 is 2.62 bits per heavy atom. The lowest BCUT2D eigenvalue weighted by Gasteiger charge is -2.36. The topological polar surface area (TPSA) is 48.1 Å². The quantitative estimate of drug-likeness (QED) is 0.619. The lowest BCUT2D eigenvalue weighted by atomic mass is 10.1. The summed E-state index contributed by atoms with van der Waals surface area (Å²) < 4.78 is 0. The number of anilines is 1. The van der Waals surface area contributed by atoms with E-state index in [0.29, 0.717) is 0 Å². The number of hydrogen-bond donors (Lipinski definition) is 1. The zero-order chi connectivity index (χ0) is 17.3. The van der Waals surface area contributed by atoms with Gasteiger partial charge in [-0.15, -0.1) is 0 Å². The second kappa shape index (κ2) is 6.42. The third-order valence-electron chi connectivity index (χ3n) is 5.22. The predicted molar refractivity (Wildman–Crippen MR) is 105 cm³/mol. The number of nitrogens with zero attached hydrogens (tertiary/aromatic N) is 4. The summed E-state index contributed by atoms with van der Waals surface area (Å²) >= 11 is 0. The molecule has 0 amide bonds. The highest BCUT2D eigenvalue weighted by Crippen LogP contribution is 2.26. The molecule has 0 aliphatic carbocycles. The summed E-state index contributed by atoms with van der Waals surface area (Å²) in [5.74, 6) is 0. The van der Waals surface area contributed by atoms with Gasteiger partial charge in [-0.2, -0.15) is 0 Å². The van der Waals surface area contributed by atoms with Crippen LogP contribution in [0.25, 0.3) is 21.9 Å². The van der Waals surface area contributed by atoms with Crippen LogP contribution in [0, 0.1) is 0 Å². The highest BCUT2D eigenvalue weighted by atomic mass is 15.3. The number of nitrogens with one attached hydrogen (secondary N) is 1. The number of piperazine rings is 1. The normalized spacial score (nSPS) is 15.8. The van der Waals surface area contributed by atoms with Crippen LogP contribution in [0.3, 0.4) is 0 Å². The van der Waals surface area contributed by atoms with E-state index in [-0.39, 0.29) is 0 Å². The standard InChI is InChI=1S/C21H21N5/c1-2-17-6-7-24-21(17)20(3-1)26-12-10-25(11-13-26)15-16-4-5-18-19(14-16)23-9-8-22-18/h1-9,14,24H,10-13,15H2. The molecule has 0 unspecified atom stereocenters. The van der Waals surface area contributed by atoms with Gasteiger partial charge >= 0.3 is 0 Å². The zero-order valence-corrected chi connectivity index (χ0v) is 14.6. The van der Waals surface area contributed by atoms with Crippen LogP contribution >= 0.6 is 0 Å². The highest BCUT2D eigenvalue weighted by Gasteiger charge is 2.19. The average molecular weight is 343 g/mol. The summed E-state index contributed by atoms with van der Waals surface area (Å²) in [6.07, 6.45) is 5.52. The third kappa shape index (κ3) is 2.80. The van der Waals surface area contributed by atoms with E-state index in [4.69, 9.17) is 0 Å². The van der Waals surface area contributed by atoms with Gasteiger partial charge in [-0.05, 0) is 29.8 Å². The van der Waals surface area contributed by atoms with Gasteiger partial charge in [-0.25, -0.2) is 0 Å². The summed E-state index contributed by atoms with van der Waals surface area (Å²) in [5.41, 5.74) is 5.79. The number of aromatic nitrogens is 3. The van der Waals surface area contributed by atoms with Gasteiger partial charge in [-0.1, -0.05) is 18.2 Å². The smallest absolute Gasteiger partial charge is 0.0890 e. The molecule has 2 aromatic carbocycles. The van der Waals surface area contributed by atoms with Gasteiger partial charge in [0.25, 0.3) is 0 Å². The van der Waals surface area contributed by atoms with Crippen molar-refractivity contribution in [2.45, 2.75) is 6.54 Å². The minimum absolute atomic E-state index is 0.958. The SMILES string of the molecule is c1cc(N2CCN(Cc3ccc4nccnc4c3)CC2)c2[nH]ccc2c1. The molecule has 3 heterocycles. The van der Waals surface area contributed by atoms with E-state index in [9.17, 15) is 0 Å². The van der Waals surface area contributed by atoms with Gasteiger partial charge in [0.1, 0.15) is 0 Å². The molecule has 0 saturated carbocycles. The van der Waals surface area contributed by atoms with Crippen LogP contribution in [-0.4, -0.2) is 46.0 Å². The fourth-order valence-electron chi connectivity index (χ4n) is 3.84. The molecule has 4 aromatic rings. The van der Waals surface area contributed by atoms with Crippen molar-refractivity contribution in [3.63, 3.8) is 0 Å². The van der Waals surface area contributed by atoms with Crippen LogP contribution in [0.1, 0.15) is 5.56 Å². The van der Waals surface area contributed by atoms with E-state index >= 15 is 0 Å².